The molecule has 0 heteroatoms. The van der Waals surface area contributed by atoms with Crippen LogP contribution in [-0.4, -0.2) is 0 Å². The Morgan fingerprint density at radius 3 is 2.67 bits per heavy atom. The van der Waals surface area contributed by atoms with Crippen LogP contribution in [0.25, 0.3) is 0 Å². The fraction of sp³-hybridized carbons (Fsp3) is 0.467. The third-order valence-electron chi connectivity index (χ3n) is 3.78. The lowest BCUT2D eigenvalue weighted by Gasteiger charge is -2.30. The SMILES string of the molecule is C=C1CCC(c2ccccc2C)CC1C. The maximum absolute atomic E-state index is 4.15. The van der Waals surface area contributed by atoms with Crippen LogP contribution in [0.5, 0.6) is 0 Å². The lowest BCUT2D eigenvalue weighted by atomic mass is 9.75. The Balaban J connectivity index is 2.19. The van der Waals surface area contributed by atoms with Crippen LogP contribution in [0.1, 0.15) is 43.2 Å². The molecule has 0 aromatic heterocycles. The van der Waals surface area contributed by atoms with Crippen LogP contribution in [0.2, 0.25) is 0 Å². The highest BCUT2D eigenvalue weighted by Crippen LogP contribution is 2.39. The van der Waals surface area contributed by atoms with Gasteiger partial charge in [-0.05, 0) is 49.1 Å². The average Bonchev–Trinajstić information content (AvgIpc) is 2.23. The highest BCUT2D eigenvalue weighted by atomic mass is 14.3. The third-order valence-corrected chi connectivity index (χ3v) is 3.78. The normalized spacial score (nSPS) is 26.7. The number of benzene rings is 1. The maximum Gasteiger partial charge on any atom is -0.0151 e. The average molecular weight is 200 g/mol. The molecule has 1 aliphatic carbocycles. The number of aryl methyl sites for hydroxylation is 1. The Hall–Kier alpha value is -1.04. The number of hydrogen-bond acceptors (Lipinski definition) is 0. The molecular formula is C15H20. The largest absolute Gasteiger partial charge is 0.0996 e. The van der Waals surface area contributed by atoms with Gasteiger partial charge in [0.15, 0.2) is 0 Å². The summed E-state index contributed by atoms with van der Waals surface area (Å²) in [6.07, 6.45) is 3.78. The fourth-order valence-corrected chi connectivity index (χ4v) is 2.64. The maximum atomic E-state index is 4.15. The molecule has 0 saturated heterocycles. The van der Waals surface area contributed by atoms with Crippen molar-refractivity contribution in [2.24, 2.45) is 5.92 Å². The first-order chi connectivity index (χ1) is 7.18. The quantitative estimate of drug-likeness (QED) is 0.587. The number of rotatable bonds is 1. The van der Waals surface area contributed by atoms with Crippen LogP contribution in [0.4, 0.5) is 0 Å². The van der Waals surface area contributed by atoms with Crippen LogP contribution < -0.4 is 0 Å². The van der Waals surface area contributed by atoms with Gasteiger partial charge in [0, 0.05) is 0 Å². The van der Waals surface area contributed by atoms with E-state index in [0.717, 1.165) is 5.92 Å². The van der Waals surface area contributed by atoms with Crippen molar-refractivity contribution in [2.75, 3.05) is 0 Å². The van der Waals surface area contributed by atoms with Crippen molar-refractivity contribution in [3.63, 3.8) is 0 Å². The number of hydrogen-bond donors (Lipinski definition) is 0. The molecular weight excluding hydrogens is 180 g/mol. The summed E-state index contributed by atoms with van der Waals surface area (Å²) in [6.45, 7) is 8.68. The summed E-state index contributed by atoms with van der Waals surface area (Å²) >= 11 is 0. The second-order valence-corrected chi connectivity index (χ2v) is 4.89. The van der Waals surface area contributed by atoms with Crippen molar-refractivity contribution < 1.29 is 0 Å². The van der Waals surface area contributed by atoms with Gasteiger partial charge in [-0.2, -0.15) is 0 Å². The molecule has 0 amide bonds. The minimum absolute atomic E-state index is 0.698. The van der Waals surface area contributed by atoms with E-state index in [1.54, 1.807) is 5.56 Å². The van der Waals surface area contributed by atoms with Gasteiger partial charge in [-0.1, -0.05) is 43.3 Å². The second kappa shape index (κ2) is 4.22. The van der Waals surface area contributed by atoms with Crippen molar-refractivity contribution >= 4 is 0 Å². The van der Waals surface area contributed by atoms with E-state index in [1.165, 1.54) is 30.4 Å². The smallest absolute Gasteiger partial charge is 0.0151 e. The molecule has 1 saturated carbocycles. The minimum atomic E-state index is 0.698. The highest BCUT2D eigenvalue weighted by molar-refractivity contribution is 5.30. The zero-order chi connectivity index (χ0) is 10.8. The zero-order valence-corrected chi connectivity index (χ0v) is 9.79. The summed E-state index contributed by atoms with van der Waals surface area (Å²) in [6, 6.07) is 8.81. The second-order valence-electron chi connectivity index (χ2n) is 4.89. The first kappa shape index (κ1) is 10.5. The summed E-state index contributed by atoms with van der Waals surface area (Å²) in [5.74, 6) is 1.45. The first-order valence-corrected chi connectivity index (χ1v) is 5.91. The molecule has 0 heterocycles. The summed E-state index contributed by atoms with van der Waals surface area (Å²) in [4.78, 5) is 0. The van der Waals surface area contributed by atoms with Gasteiger partial charge in [0.1, 0.15) is 0 Å². The molecule has 15 heavy (non-hydrogen) atoms. The van der Waals surface area contributed by atoms with E-state index in [-0.39, 0.29) is 0 Å². The zero-order valence-electron chi connectivity index (χ0n) is 9.79. The van der Waals surface area contributed by atoms with Crippen molar-refractivity contribution in [2.45, 2.75) is 39.0 Å². The molecule has 0 aliphatic heterocycles. The molecule has 0 radical (unpaired) electrons. The summed E-state index contributed by atoms with van der Waals surface area (Å²) in [5, 5.41) is 0. The van der Waals surface area contributed by atoms with E-state index in [2.05, 4.69) is 44.7 Å². The summed E-state index contributed by atoms with van der Waals surface area (Å²) < 4.78 is 0. The molecule has 2 atom stereocenters. The standard InChI is InChI=1S/C15H20/c1-11-8-9-14(10-13(11)3)15-7-5-4-6-12(15)2/h4-7,13-14H,1,8-10H2,2-3H3. The molecule has 1 fully saturated rings. The molecule has 0 bridgehead atoms. The first-order valence-electron chi connectivity index (χ1n) is 5.91. The summed E-state index contributed by atoms with van der Waals surface area (Å²) in [5.41, 5.74) is 4.44. The monoisotopic (exact) mass is 200 g/mol. The van der Waals surface area contributed by atoms with E-state index < -0.39 is 0 Å². The van der Waals surface area contributed by atoms with Gasteiger partial charge >= 0.3 is 0 Å². The molecule has 1 aromatic carbocycles. The van der Waals surface area contributed by atoms with E-state index in [0.29, 0.717) is 5.92 Å². The van der Waals surface area contributed by atoms with Gasteiger partial charge in [0.2, 0.25) is 0 Å². The highest BCUT2D eigenvalue weighted by Gasteiger charge is 2.23. The topological polar surface area (TPSA) is 0 Å². The van der Waals surface area contributed by atoms with Gasteiger partial charge in [0.25, 0.3) is 0 Å². The van der Waals surface area contributed by atoms with Crippen molar-refractivity contribution in [3.8, 4) is 0 Å². The lowest BCUT2D eigenvalue weighted by molar-refractivity contribution is 0.427. The van der Waals surface area contributed by atoms with E-state index >= 15 is 0 Å². The predicted octanol–water partition coefficient (Wildman–Crippen LogP) is 4.45. The van der Waals surface area contributed by atoms with Gasteiger partial charge in [-0.25, -0.2) is 0 Å². The Labute approximate surface area is 93.0 Å². The van der Waals surface area contributed by atoms with Crippen LogP contribution >= 0.6 is 0 Å². The van der Waals surface area contributed by atoms with Gasteiger partial charge in [-0.15, -0.1) is 0 Å². The molecule has 1 aromatic rings. The van der Waals surface area contributed by atoms with E-state index in [1.807, 2.05) is 0 Å². The molecule has 0 N–H and O–H groups in total. The Kier molecular flexibility index (Phi) is 2.95. The Morgan fingerprint density at radius 1 is 1.27 bits per heavy atom. The van der Waals surface area contributed by atoms with E-state index in [4.69, 9.17) is 0 Å². The van der Waals surface area contributed by atoms with Crippen LogP contribution in [0, 0.1) is 12.8 Å². The molecule has 0 nitrogen and oxygen atoms in total. The minimum Gasteiger partial charge on any atom is -0.0996 e. The lowest BCUT2D eigenvalue weighted by Crippen LogP contribution is -2.14. The fourth-order valence-electron chi connectivity index (χ4n) is 2.64. The molecule has 0 spiro atoms. The van der Waals surface area contributed by atoms with E-state index in [9.17, 15) is 0 Å². The summed E-state index contributed by atoms with van der Waals surface area (Å²) in [7, 11) is 0. The Bertz CT molecular complexity index is 362. The van der Waals surface area contributed by atoms with Crippen molar-refractivity contribution in [3.05, 3.63) is 47.5 Å². The number of allylic oxidation sites excluding steroid dienone is 1. The third kappa shape index (κ3) is 2.14. The van der Waals surface area contributed by atoms with Gasteiger partial charge < -0.3 is 0 Å². The molecule has 2 rings (SSSR count). The van der Waals surface area contributed by atoms with Crippen molar-refractivity contribution in [1.82, 2.24) is 0 Å². The van der Waals surface area contributed by atoms with Crippen LogP contribution in [0.3, 0.4) is 0 Å². The molecule has 80 valence electrons. The van der Waals surface area contributed by atoms with Gasteiger partial charge in [-0.3, -0.25) is 0 Å². The van der Waals surface area contributed by atoms with Crippen LogP contribution in [-0.2, 0) is 0 Å². The van der Waals surface area contributed by atoms with Crippen LogP contribution in [0.15, 0.2) is 36.4 Å². The Morgan fingerprint density at radius 2 is 2.00 bits per heavy atom. The van der Waals surface area contributed by atoms with Crippen molar-refractivity contribution in [1.29, 1.82) is 0 Å². The predicted molar refractivity (Wildman–Crippen MR) is 66.1 cm³/mol. The van der Waals surface area contributed by atoms with Gasteiger partial charge in [0.05, 0.1) is 0 Å². The molecule has 2 unspecified atom stereocenters. The molecule has 1 aliphatic rings.